The van der Waals surface area contributed by atoms with E-state index in [9.17, 15) is 4.79 Å². The molecule has 0 aromatic heterocycles. The fraction of sp³-hybridized carbons (Fsp3) is 0.316. The Balaban J connectivity index is 2.45. The molecule has 2 unspecified atom stereocenters. The maximum Gasteiger partial charge on any atom is 0.149 e. The molecule has 2 rings (SSSR count). The number of carbonyl (C=O) groups excluding carboxylic acids is 1. The Morgan fingerprint density at radius 1 is 1.38 bits per heavy atom. The third-order valence-corrected chi connectivity index (χ3v) is 4.06. The molecule has 0 saturated carbocycles. The van der Waals surface area contributed by atoms with Crippen LogP contribution in [-0.4, -0.2) is 18.5 Å². The van der Waals surface area contributed by atoms with Gasteiger partial charge in [0.15, 0.2) is 0 Å². The lowest BCUT2D eigenvalue weighted by molar-refractivity contribution is -0.130. The zero-order valence-corrected chi connectivity index (χ0v) is 12.7. The third-order valence-electron chi connectivity index (χ3n) is 4.06. The first-order valence-electron chi connectivity index (χ1n) is 7.27. The van der Waals surface area contributed by atoms with E-state index in [-0.39, 0.29) is 11.9 Å². The normalized spacial score (nSPS) is 28.1. The minimum Gasteiger partial charge on any atom is -0.369 e. The molecule has 2 atom stereocenters. The molecule has 0 bridgehead atoms. The summed E-state index contributed by atoms with van der Waals surface area (Å²) in [5.41, 5.74) is 1.41. The van der Waals surface area contributed by atoms with E-state index in [0.29, 0.717) is 13.0 Å². The number of Topliss-reactive ketones (excluding diaryl/α,β-unsaturated/α-hetero) is 1. The van der Waals surface area contributed by atoms with Gasteiger partial charge in [0.1, 0.15) is 5.78 Å². The number of ketones is 1. The van der Waals surface area contributed by atoms with Crippen LogP contribution in [0.1, 0.15) is 25.0 Å². The van der Waals surface area contributed by atoms with Crippen LogP contribution in [-0.2, 0) is 16.0 Å². The van der Waals surface area contributed by atoms with Crippen LogP contribution in [0.15, 0.2) is 55.1 Å². The summed E-state index contributed by atoms with van der Waals surface area (Å²) in [6, 6.07) is 7.98. The van der Waals surface area contributed by atoms with Crippen molar-refractivity contribution in [2.24, 2.45) is 5.41 Å². The highest BCUT2D eigenvalue weighted by Gasteiger charge is 2.37. The standard InChI is InChI=1S/C19H22O2/c1-4-9-18-19(3,5-2)17(20)14-16-11-7-6-10-15(16)12-8-13-21-18/h4-12,18H,2,13-14H2,1,3H3/b9-4-,12-8-. The Labute approximate surface area is 126 Å². The van der Waals surface area contributed by atoms with Crippen molar-refractivity contribution in [1.82, 2.24) is 0 Å². The number of hydrogen-bond donors (Lipinski definition) is 0. The van der Waals surface area contributed by atoms with E-state index in [1.165, 1.54) is 0 Å². The number of benzene rings is 1. The number of rotatable bonds is 2. The maximum atomic E-state index is 12.8. The van der Waals surface area contributed by atoms with Gasteiger partial charge in [0.2, 0.25) is 0 Å². The van der Waals surface area contributed by atoms with Crippen molar-refractivity contribution < 1.29 is 9.53 Å². The smallest absolute Gasteiger partial charge is 0.149 e. The van der Waals surface area contributed by atoms with E-state index < -0.39 is 5.41 Å². The highest BCUT2D eigenvalue weighted by atomic mass is 16.5. The van der Waals surface area contributed by atoms with E-state index >= 15 is 0 Å². The van der Waals surface area contributed by atoms with Gasteiger partial charge in [0.05, 0.1) is 18.1 Å². The van der Waals surface area contributed by atoms with Gasteiger partial charge in [-0.1, -0.05) is 54.6 Å². The molecule has 0 aliphatic carbocycles. The van der Waals surface area contributed by atoms with Crippen molar-refractivity contribution >= 4 is 11.9 Å². The van der Waals surface area contributed by atoms with Crippen molar-refractivity contribution in [3.8, 4) is 0 Å². The molecule has 21 heavy (non-hydrogen) atoms. The largest absolute Gasteiger partial charge is 0.369 e. The van der Waals surface area contributed by atoms with Gasteiger partial charge in [-0.05, 0) is 25.0 Å². The first kappa shape index (κ1) is 15.5. The molecule has 2 nitrogen and oxygen atoms in total. The van der Waals surface area contributed by atoms with Crippen LogP contribution in [0.25, 0.3) is 6.08 Å². The summed E-state index contributed by atoms with van der Waals surface area (Å²) in [5, 5.41) is 0. The van der Waals surface area contributed by atoms with Gasteiger partial charge in [-0.15, -0.1) is 6.58 Å². The summed E-state index contributed by atoms with van der Waals surface area (Å²) in [4.78, 5) is 12.8. The van der Waals surface area contributed by atoms with Crippen LogP contribution in [0.3, 0.4) is 0 Å². The lowest BCUT2D eigenvalue weighted by Gasteiger charge is -2.32. The molecule has 1 aliphatic rings. The summed E-state index contributed by atoms with van der Waals surface area (Å²) in [6.07, 6.45) is 9.68. The molecule has 2 heteroatoms. The SMILES string of the molecule is C=CC1(C)C(=O)Cc2ccccc2/C=C\COC1/C=C\C. The molecule has 0 saturated heterocycles. The van der Waals surface area contributed by atoms with Crippen molar-refractivity contribution in [2.75, 3.05) is 6.61 Å². The van der Waals surface area contributed by atoms with Crippen LogP contribution in [0, 0.1) is 5.41 Å². The Kier molecular flexibility index (Phi) is 4.92. The summed E-state index contributed by atoms with van der Waals surface area (Å²) >= 11 is 0. The first-order chi connectivity index (χ1) is 10.1. The topological polar surface area (TPSA) is 26.3 Å². The molecule has 1 aromatic rings. The van der Waals surface area contributed by atoms with Crippen molar-refractivity contribution in [1.29, 1.82) is 0 Å². The molecule has 1 aromatic carbocycles. The molecule has 0 spiro atoms. The van der Waals surface area contributed by atoms with Gasteiger partial charge in [0.25, 0.3) is 0 Å². The molecule has 0 fully saturated rings. The van der Waals surface area contributed by atoms with Gasteiger partial charge >= 0.3 is 0 Å². The quantitative estimate of drug-likeness (QED) is 0.767. The summed E-state index contributed by atoms with van der Waals surface area (Å²) in [5.74, 6) is 0.128. The van der Waals surface area contributed by atoms with Crippen molar-refractivity contribution in [3.63, 3.8) is 0 Å². The Morgan fingerprint density at radius 3 is 2.86 bits per heavy atom. The molecular weight excluding hydrogens is 260 g/mol. The minimum absolute atomic E-state index is 0.128. The fourth-order valence-electron chi connectivity index (χ4n) is 2.55. The first-order valence-corrected chi connectivity index (χ1v) is 7.27. The van der Waals surface area contributed by atoms with Gasteiger partial charge in [-0.3, -0.25) is 4.79 Å². The average molecular weight is 282 g/mol. The minimum atomic E-state index is -0.717. The van der Waals surface area contributed by atoms with Gasteiger partial charge in [-0.25, -0.2) is 0 Å². The number of hydrogen-bond acceptors (Lipinski definition) is 2. The van der Waals surface area contributed by atoms with E-state index in [1.54, 1.807) is 6.08 Å². The Bertz CT molecular complexity index is 583. The predicted molar refractivity (Wildman–Crippen MR) is 87.0 cm³/mol. The van der Waals surface area contributed by atoms with Crippen LogP contribution < -0.4 is 0 Å². The number of ether oxygens (including phenoxy) is 1. The second kappa shape index (κ2) is 6.68. The number of carbonyl (C=O) groups is 1. The van der Waals surface area contributed by atoms with E-state index in [4.69, 9.17) is 4.74 Å². The molecule has 0 radical (unpaired) electrons. The highest BCUT2D eigenvalue weighted by Crippen LogP contribution is 2.31. The fourth-order valence-corrected chi connectivity index (χ4v) is 2.55. The third kappa shape index (κ3) is 3.22. The number of allylic oxidation sites excluding steroid dienone is 1. The van der Waals surface area contributed by atoms with Crippen molar-refractivity contribution in [2.45, 2.75) is 26.4 Å². The predicted octanol–water partition coefficient (Wildman–Crippen LogP) is 3.98. The van der Waals surface area contributed by atoms with Crippen LogP contribution in [0.2, 0.25) is 0 Å². The highest BCUT2D eigenvalue weighted by molar-refractivity contribution is 5.90. The molecule has 1 heterocycles. The summed E-state index contributed by atoms with van der Waals surface area (Å²) in [7, 11) is 0. The zero-order valence-electron chi connectivity index (χ0n) is 12.7. The Hall–Kier alpha value is -1.93. The lowest BCUT2D eigenvalue weighted by Crippen LogP contribution is -2.40. The monoisotopic (exact) mass is 282 g/mol. The summed E-state index contributed by atoms with van der Waals surface area (Å²) < 4.78 is 5.89. The van der Waals surface area contributed by atoms with Crippen LogP contribution >= 0.6 is 0 Å². The second-order valence-corrected chi connectivity index (χ2v) is 5.47. The zero-order chi connectivity index (χ0) is 15.3. The van der Waals surface area contributed by atoms with E-state index in [1.807, 2.05) is 62.4 Å². The maximum absolute atomic E-state index is 12.8. The molecule has 0 amide bonds. The van der Waals surface area contributed by atoms with E-state index in [0.717, 1.165) is 11.1 Å². The number of fused-ring (bicyclic) bond motifs is 1. The van der Waals surface area contributed by atoms with Crippen LogP contribution in [0.5, 0.6) is 0 Å². The molecular formula is C19H22O2. The molecule has 110 valence electrons. The van der Waals surface area contributed by atoms with E-state index in [2.05, 4.69) is 6.58 Å². The van der Waals surface area contributed by atoms with Crippen molar-refractivity contribution in [3.05, 3.63) is 66.3 Å². The van der Waals surface area contributed by atoms with Gasteiger partial charge < -0.3 is 4.74 Å². The lowest BCUT2D eigenvalue weighted by atomic mass is 9.77. The van der Waals surface area contributed by atoms with Crippen LogP contribution in [0.4, 0.5) is 0 Å². The average Bonchev–Trinajstić information content (AvgIpc) is 2.50. The molecule has 1 aliphatic heterocycles. The second-order valence-electron chi connectivity index (χ2n) is 5.47. The van der Waals surface area contributed by atoms with Gasteiger partial charge in [0, 0.05) is 6.42 Å². The molecule has 0 N–H and O–H groups in total. The Morgan fingerprint density at radius 2 is 2.14 bits per heavy atom. The summed E-state index contributed by atoms with van der Waals surface area (Å²) in [6.45, 7) is 8.18. The van der Waals surface area contributed by atoms with Gasteiger partial charge in [-0.2, -0.15) is 0 Å².